The molecule has 7 heteroatoms. The summed E-state index contributed by atoms with van der Waals surface area (Å²) >= 11 is 0. The molecule has 0 bridgehead atoms. The van der Waals surface area contributed by atoms with E-state index in [1.807, 2.05) is 40.7 Å². The number of likely N-dealkylation sites (tertiary alicyclic amines) is 1. The SMILES string of the molecule is CCOC(=O)CC(c1ccc(F)cc1)C1CCN(C(=O)C(C)n2cnc3ccccc32)CC1. The number of nitrogens with zero attached hydrogens (tertiary/aromatic N) is 3. The summed E-state index contributed by atoms with van der Waals surface area (Å²) in [7, 11) is 0. The monoisotopic (exact) mass is 451 g/mol. The van der Waals surface area contributed by atoms with Gasteiger partial charge in [0.1, 0.15) is 11.9 Å². The third-order valence-electron chi connectivity index (χ3n) is 6.67. The summed E-state index contributed by atoms with van der Waals surface area (Å²) in [4.78, 5) is 31.8. The minimum Gasteiger partial charge on any atom is -0.466 e. The zero-order chi connectivity index (χ0) is 23.4. The number of fused-ring (bicyclic) bond motifs is 1. The lowest BCUT2D eigenvalue weighted by molar-refractivity contribution is -0.144. The van der Waals surface area contributed by atoms with Crippen LogP contribution in [-0.4, -0.2) is 46.0 Å². The van der Waals surface area contributed by atoms with Crippen molar-refractivity contribution in [3.63, 3.8) is 0 Å². The molecule has 1 aliphatic heterocycles. The minimum absolute atomic E-state index is 0.0584. The maximum atomic E-state index is 13.5. The summed E-state index contributed by atoms with van der Waals surface area (Å²) in [6.45, 7) is 5.29. The molecule has 4 rings (SSSR count). The average molecular weight is 452 g/mol. The molecule has 2 atom stereocenters. The zero-order valence-electron chi connectivity index (χ0n) is 19.1. The molecule has 1 amide bonds. The first-order chi connectivity index (χ1) is 16.0. The van der Waals surface area contributed by atoms with E-state index in [0.29, 0.717) is 19.7 Å². The fraction of sp³-hybridized carbons (Fsp3) is 0.423. The summed E-state index contributed by atoms with van der Waals surface area (Å²) < 4.78 is 20.6. The maximum absolute atomic E-state index is 13.5. The molecule has 1 aromatic heterocycles. The van der Waals surface area contributed by atoms with Crippen LogP contribution in [0.25, 0.3) is 11.0 Å². The number of hydrogen-bond acceptors (Lipinski definition) is 4. The number of hydrogen-bond donors (Lipinski definition) is 0. The van der Waals surface area contributed by atoms with Gasteiger partial charge in [-0.15, -0.1) is 0 Å². The first-order valence-corrected chi connectivity index (χ1v) is 11.6. The Morgan fingerprint density at radius 1 is 1.12 bits per heavy atom. The van der Waals surface area contributed by atoms with E-state index in [4.69, 9.17) is 4.74 Å². The van der Waals surface area contributed by atoms with Crippen LogP contribution in [0.4, 0.5) is 4.39 Å². The molecule has 1 saturated heterocycles. The van der Waals surface area contributed by atoms with E-state index in [-0.39, 0.29) is 42.0 Å². The van der Waals surface area contributed by atoms with E-state index >= 15 is 0 Å². The number of benzene rings is 2. The van der Waals surface area contributed by atoms with Gasteiger partial charge >= 0.3 is 5.97 Å². The number of rotatable bonds is 7. The first kappa shape index (κ1) is 23.0. The molecule has 6 nitrogen and oxygen atoms in total. The highest BCUT2D eigenvalue weighted by molar-refractivity contribution is 5.83. The lowest BCUT2D eigenvalue weighted by atomic mass is 9.78. The standard InChI is InChI=1S/C26H30FN3O3/c1-3-33-25(31)16-22(19-8-10-21(27)11-9-19)20-12-14-29(15-13-20)26(32)18(2)30-17-28-23-6-4-5-7-24(23)30/h4-11,17-18,20,22H,3,12-16H2,1-2H3. The number of imidazole rings is 1. The molecule has 0 radical (unpaired) electrons. The van der Waals surface area contributed by atoms with Gasteiger partial charge in [0.15, 0.2) is 0 Å². The topological polar surface area (TPSA) is 64.4 Å². The van der Waals surface area contributed by atoms with Gasteiger partial charge in [-0.2, -0.15) is 0 Å². The number of aromatic nitrogens is 2. The molecule has 2 heterocycles. The average Bonchev–Trinajstić information content (AvgIpc) is 3.27. The fourth-order valence-corrected chi connectivity index (χ4v) is 4.86. The molecule has 174 valence electrons. The Morgan fingerprint density at radius 2 is 1.82 bits per heavy atom. The Morgan fingerprint density at radius 3 is 2.52 bits per heavy atom. The molecule has 33 heavy (non-hydrogen) atoms. The van der Waals surface area contributed by atoms with E-state index in [1.165, 1.54) is 12.1 Å². The number of carbonyl (C=O) groups is 2. The van der Waals surface area contributed by atoms with Crippen LogP contribution in [0.1, 0.15) is 50.6 Å². The number of amides is 1. The van der Waals surface area contributed by atoms with Gasteiger partial charge in [-0.05, 0) is 68.4 Å². The number of esters is 1. The van der Waals surface area contributed by atoms with Gasteiger partial charge in [-0.3, -0.25) is 9.59 Å². The highest BCUT2D eigenvalue weighted by atomic mass is 19.1. The number of piperidine rings is 1. The Labute approximate surface area is 193 Å². The number of ether oxygens (including phenoxy) is 1. The zero-order valence-corrected chi connectivity index (χ0v) is 19.1. The van der Waals surface area contributed by atoms with Crippen molar-refractivity contribution >= 4 is 22.9 Å². The summed E-state index contributed by atoms with van der Waals surface area (Å²) in [5.74, 6) is -0.313. The van der Waals surface area contributed by atoms with Crippen molar-refractivity contribution in [2.45, 2.75) is 45.1 Å². The third kappa shape index (κ3) is 5.07. The summed E-state index contributed by atoms with van der Waals surface area (Å²) in [6.07, 6.45) is 3.55. The van der Waals surface area contributed by atoms with Gasteiger partial charge in [0, 0.05) is 13.1 Å². The van der Waals surface area contributed by atoms with Crippen molar-refractivity contribution in [2.24, 2.45) is 5.92 Å². The maximum Gasteiger partial charge on any atom is 0.306 e. The molecular formula is C26H30FN3O3. The van der Waals surface area contributed by atoms with E-state index in [1.54, 1.807) is 25.4 Å². The summed E-state index contributed by atoms with van der Waals surface area (Å²) in [6, 6.07) is 13.8. The van der Waals surface area contributed by atoms with Gasteiger partial charge in [0.05, 0.1) is 30.4 Å². The van der Waals surface area contributed by atoms with Crippen LogP contribution < -0.4 is 0 Å². The molecule has 0 aliphatic carbocycles. The Kier molecular flexibility index (Phi) is 7.06. The normalized spacial score (nSPS) is 16.5. The van der Waals surface area contributed by atoms with Crippen molar-refractivity contribution in [3.05, 3.63) is 66.2 Å². The van der Waals surface area contributed by atoms with Gasteiger partial charge < -0.3 is 14.2 Å². The van der Waals surface area contributed by atoms with Gasteiger partial charge in [-0.1, -0.05) is 24.3 Å². The molecule has 0 N–H and O–H groups in total. The lowest BCUT2D eigenvalue weighted by Crippen LogP contribution is -2.42. The van der Waals surface area contributed by atoms with E-state index < -0.39 is 0 Å². The van der Waals surface area contributed by atoms with Crippen molar-refractivity contribution in [1.29, 1.82) is 0 Å². The molecule has 0 spiro atoms. The molecule has 2 unspecified atom stereocenters. The van der Waals surface area contributed by atoms with E-state index in [0.717, 1.165) is 29.4 Å². The molecule has 2 aromatic carbocycles. The smallest absolute Gasteiger partial charge is 0.306 e. The highest BCUT2D eigenvalue weighted by Crippen LogP contribution is 2.36. The second kappa shape index (κ2) is 10.1. The van der Waals surface area contributed by atoms with E-state index in [9.17, 15) is 14.0 Å². The van der Waals surface area contributed by atoms with Crippen molar-refractivity contribution in [3.8, 4) is 0 Å². The summed E-state index contributed by atoms with van der Waals surface area (Å²) in [5.41, 5.74) is 2.75. The first-order valence-electron chi connectivity index (χ1n) is 11.6. The highest BCUT2D eigenvalue weighted by Gasteiger charge is 2.33. The van der Waals surface area contributed by atoms with E-state index in [2.05, 4.69) is 4.98 Å². The molecule has 1 fully saturated rings. The lowest BCUT2D eigenvalue weighted by Gasteiger charge is -2.37. The van der Waals surface area contributed by atoms with Crippen molar-refractivity contribution < 1.29 is 18.7 Å². The van der Waals surface area contributed by atoms with Crippen LogP contribution in [0, 0.1) is 11.7 Å². The molecule has 1 aliphatic rings. The van der Waals surface area contributed by atoms with Crippen LogP contribution in [-0.2, 0) is 14.3 Å². The Bertz CT molecular complexity index is 1100. The van der Waals surface area contributed by atoms with Crippen LogP contribution in [0.2, 0.25) is 0 Å². The minimum atomic E-state index is -0.346. The van der Waals surface area contributed by atoms with Gasteiger partial charge in [0.2, 0.25) is 5.91 Å². The Hall–Kier alpha value is -3.22. The van der Waals surface area contributed by atoms with Gasteiger partial charge in [0.25, 0.3) is 0 Å². The number of halogens is 1. The second-order valence-electron chi connectivity index (χ2n) is 8.65. The second-order valence-corrected chi connectivity index (χ2v) is 8.65. The third-order valence-corrected chi connectivity index (χ3v) is 6.67. The van der Waals surface area contributed by atoms with Crippen LogP contribution >= 0.6 is 0 Å². The summed E-state index contributed by atoms with van der Waals surface area (Å²) in [5, 5.41) is 0. The van der Waals surface area contributed by atoms with Crippen LogP contribution in [0.5, 0.6) is 0 Å². The molecule has 3 aromatic rings. The van der Waals surface area contributed by atoms with Crippen LogP contribution in [0.15, 0.2) is 54.9 Å². The van der Waals surface area contributed by atoms with Gasteiger partial charge in [-0.25, -0.2) is 9.37 Å². The number of carbonyl (C=O) groups excluding carboxylic acids is 2. The predicted octanol–water partition coefficient (Wildman–Crippen LogP) is 4.71. The van der Waals surface area contributed by atoms with Crippen molar-refractivity contribution in [2.75, 3.05) is 19.7 Å². The van der Waals surface area contributed by atoms with Crippen molar-refractivity contribution in [1.82, 2.24) is 14.5 Å². The van der Waals surface area contributed by atoms with Crippen LogP contribution in [0.3, 0.4) is 0 Å². The largest absolute Gasteiger partial charge is 0.466 e. The molecule has 0 saturated carbocycles. The predicted molar refractivity (Wildman–Crippen MR) is 124 cm³/mol. The quantitative estimate of drug-likeness (QED) is 0.488. The molecular weight excluding hydrogens is 421 g/mol. The number of para-hydroxylation sites is 2. The fourth-order valence-electron chi connectivity index (χ4n) is 4.86. The Balaban J connectivity index is 1.44.